The zero-order valence-electron chi connectivity index (χ0n) is 8.58. The smallest absolute Gasteiger partial charge is 0.109 e. The summed E-state index contributed by atoms with van der Waals surface area (Å²) >= 11 is 0. The zero-order chi connectivity index (χ0) is 9.41. The molecular weight excluding hydrogens is 153 g/mol. The minimum Gasteiger partial charge on any atom is -0.309 e. The zero-order valence-corrected chi connectivity index (χ0v) is 8.58. The first-order chi connectivity index (χ1) is 5.29. The highest BCUT2D eigenvalue weighted by molar-refractivity contribution is 4.92. The third kappa shape index (κ3) is 3.10. The minimum atomic E-state index is -0.928. The van der Waals surface area contributed by atoms with E-state index in [4.69, 9.17) is 0 Å². The number of alkyl halides is 1. The summed E-state index contributed by atoms with van der Waals surface area (Å²) in [5, 5.41) is 3.43. The summed E-state index contributed by atoms with van der Waals surface area (Å²) in [6, 6.07) is 0.375. The SMILES string of the molecule is CC1(F)CC[C@H](NC(C)(C)C)C1. The monoisotopic (exact) mass is 173 g/mol. The molecule has 0 saturated heterocycles. The average molecular weight is 173 g/mol. The van der Waals surface area contributed by atoms with Gasteiger partial charge < -0.3 is 5.32 Å². The average Bonchev–Trinajstić information content (AvgIpc) is 2.05. The van der Waals surface area contributed by atoms with Crippen LogP contribution in [-0.4, -0.2) is 17.2 Å². The molecule has 1 nitrogen and oxygen atoms in total. The first kappa shape index (κ1) is 9.97. The van der Waals surface area contributed by atoms with Crippen LogP contribution in [0.5, 0.6) is 0 Å². The van der Waals surface area contributed by atoms with Gasteiger partial charge in [0, 0.05) is 11.6 Å². The lowest BCUT2D eigenvalue weighted by atomic mass is 10.0. The van der Waals surface area contributed by atoms with Gasteiger partial charge in [0.05, 0.1) is 0 Å². The van der Waals surface area contributed by atoms with Gasteiger partial charge in [-0.1, -0.05) is 0 Å². The van der Waals surface area contributed by atoms with Crippen LogP contribution >= 0.6 is 0 Å². The van der Waals surface area contributed by atoms with E-state index in [-0.39, 0.29) is 5.54 Å². The summed E-state index contributed by atoms with van der Waals surface area (Å²) in [5.41, 5.74) is -0.812. The van der Waals surface area contributed by atoms with Crippen molar-refractivity contribution in [1.29, 1.82) is 0 Å². The molecule has 1 fully saturated rings. The predicted molar refractivity (Wildman–Crippen MR) is 50.0 cm³/mol. The molecule has 0 aromatic carbocycles. The van der Waals surface area contributed by atoms with Crippen molar-refractivity contribution in [2.75, 3.05) is 0 Å². The fourth-order valence-electron chi connectivity index (χ4n) is 1.93. The van der Waals surface area contributed by atoms with Crippen molar-refractivity contribution < 1.29 is 4.39 Å². The Kier molecular flexibility index (Phi) is 2.48. The first-order valence-electron chi connectivity index (χ1n) is 4.75. The van der Waals surface area contributed by atoms with Crippen molar-refractivity contribution in [2.45, 2.75) is 64.2 Å². The molecule has 0 amide bonds. The maximum atomic E-state index is 13.4. The van der Waals surface area contributed by atoms with Crippen molar-refractivity contribution in [1.82, 2.24) is 5.32 Å². The second-order valence-electron chi connectivity index (χ2n) is 5.25. The first-order valence-corrected chi connectivity index (χ1v) is 4.75. The molecule has 0 aromatic rings. The molecule has 1 aliphatic carbocycles. The lowest BCUT2D eigenvalue weighted by molar-refractivity contribution is 0.191. The van der Waals surface area contributed by atoms with Crippen LogP contribution in [0.25, 0.3) is 0 Å². The van der Waals surface area contributed by atoms with Gasteiger partial charge in [-0.15, -0.1) is 0 Å². The van der Waals surface area contributed by atoms with Gasteiger partial charge in [-0.2, -0.15) is 0 Å². The molecule has 1 N–H and O–H groups in total. The lowest BCUT2D eigenvalue weighted by Gasteiger charge is -2.26. The van der Waals surface area contributed by atoms with Crippen LogP contribution in [0.3, 0.4) is 0 Å². The quantitative estimate of drug-likeness (QED) is 0.643. The van der Waals surface area contributed by atoms with Gasteiger partial charge in [0.1, 0.15) is 5.67 Å². The Bertz CT molecular complexity index is 158. The summed E-state index contributed by atoms with van der Waals surface area (Å²) < 4.78 is 13.4. The topological polar surface area (TPSA) is 12.0 Å². The molecule has 0 heterocycles. The second-order valence-corrected chi connectivity index (χ2v) is 5.25. The Hall–Kier alpha value is -0.110. The number of hydrogen-bond acceptors (Lipinski definition) is 1. The van der Waals surface area contributed by atoms with Crippen LogP contribution in [0.1, 0.15) is 47.0 Å². The molecule has 2 heteroatoms. The minimum absolute atomic E-state index is 0.116. The Morgan fingerprint density at radius 3 is 2.33 bits per heavy atom. The molecule has 1 unspecified atom stereocenters. The van der Waals surface area contributed by atoms with Gasteiger partial charge in [-0.25, -0.2) is 4.39 Å². The van der Waals surface area contributed by atoms with Crippen LogP contribution in [-0.2, 0) is 0 Å². The van der Waals surface area contributed by atoms with Gasteiger partial charge in [0.2, 0.25) is 0 Å². The van der Waals surface area contributed by atoms with Crippen molar-refractivity contribution in [3.63, 3.8) is 0 Å². The van der Waals surface area contributed by atoms with Crippen molar-refractivity contribution >= 4 is 0 Å². The fourth-order valence-corrected chi connectivity index (χ4v) is 1.93. The molecular formula is C10H20FN. The molecule has 0 radical (unpaired) electrons. The highest BCUT2D eigenvalue weighted by Gasteiger charge is 2.36. The van der Waals surface area contributed by atoms with E-state index in [0.29, 0.717) is 18.9 Å². The van der Waals surface area contributed by atoms with Crippen molar-refractivity contribution in [3.8, 4) is 0 Å². The van der Waals surface area contributed by atoms with E-state index in [0.717, 1.165) is 6.42 Å². The molecule has 0 spiro atoms. The second kappa shape index (κ2) is 2.99. The summed E-state index contributed by atoms with van der Waals surface area (Å²) in [6.07, 6.45) is 2.36. The third-order valence-corrected chi connectivity index (χ3v) is 2.32. The van der Waals surface area contributed by atoms with Crippen molar-refractivity contribution in [3.05, 3.63) is 0 Å². The van der Waals surface area contributed by atoms with E-state index in [2.05, 4.69) is 26.1 Å². The van der Waals surface area contributed by atoms with Crippen LogP contribution in [0.4, 0.5) is 4.39 Å². The molecule has 1 rings (SSSR count). The van der Waals surface area contributed by atoms with E-state index in [1.165, 1.54) is 0 Å². The summed E-state index contributed by atoms with van der Waals surface area (Å²) in [5.74, 6) is 0. The largest absolute Gasteiger partial charge is 0.309 e. The molecule has 1 saturated carbocycles. The van der Waals surface area contributed by atoms with Gasteiger partial charge in [0.25, 0.3) is 0 Å². The predicted octanol–water partition coefficient (Wildman–Crippen LogP) is 2.66. The summed E-state index contributed by atoms with van der Waals surface area (Å²) in [6.45, 7) is 8.08. The molecule has 12 heavy (non-hydrogen) atoms. The molecule has 72 valence electrons. The maximum absolute atomic E-state index is 13.4. The van der Waals surface area contributed by atoms with Crippen LogP contribution < -0.4 is 5.32 Å². The van der Waals surface area contributed by atoms with Crippen LogP contribution in [0.2, 0.25) is 0 Å². The maximum Gasteiger partial charge on any atom is 0.109 e. The van der Waals surface area contributed by atoms with E-state index in [1.54, 1.807) is 6.92 Å². The van der Waals surface area contributed by atoms with Gasteiger partial charge in [0.15, 0.2) is 0 Å². The fraction of sp³-hybridized carbons (Fsp3) is 1.00. The van der Waals surface area contributed by atoms with Gasteiger partial charge in [-0.05, 0) is 47.0 Å². The van der Waals surface area contributed by atoms with E-state index in [9.17, 15) is 4.39 Å². The van der Waals surface area contributed by atoms with E-state index < -0.39 is 5.67 Å². The summed E-state index contributed by atoms with van der Waals surface area (Å²) in [4.78, 5) is 0. The van der Waals surface area contributed by atoms with E-state index in [1.807, 2.05) is 0 Å². The normalized spacial score (nSPS) is 37.2. The van der Waals surface area contributed by atoms with Crippen molar-refractivity contribution in [2.24, 2.45) is 0 Å². The third-order valence-electron chi connectivity index (χ3n) is 2.32. The molecule has 0 aromatic heterocycles. The molecule has 2 atom stereocenters. The number of halogens is 1. The Labute approximate surface area is 74.7 Å². The van der Waals surface area contributed by atoms with Crippen LogP contribution in [0.15, 0.2) is 0 Å². The van der Waals surface area contributed by atoms with Gasteiger partial charge in [-0.3, -0.25) is 0 Å². The standard InChI is InChI=1S/C10H20FN/c1-9(2,3)12-8-5-6-10(4,11)7-8/h8,12H,5-7H2,1-4H3/t8-,10?/m0/s1. The highest BCUT2D eigenvalue weighted by atomic mass is 19.1. The Morgan fingerprint density at radius 1 is 1.42 bits per heavy atom. The molecule has 1 aliphatic rings. The Balaban J connectivity index is 2.39. The van der Waals surface area contributed by atoms with Crippen LogP contribution in [0, 0.1) is 0 Å². The highest BCUT2D eigenvalue weighted by Crippen LogP contribution is 2.33. The number of hydrogen-bond donors (Lipinski definition) is 1. The van der Waals surface area contributed by atoms with Gasteiger partial charge >= 0.3 is 0 Å². The number of nitrogens with one attached hydrogen (secondary N) is 1. The number of rotatable bonds is 1. The lowest BCUT2D eigenvalue weighted by Crippen LogP contribution is -2.42. The summed E-state index contributed by atoms with van der Waals surface area (Å²) in [7, 11) is 0. The Morgan fingerprint density at radius 2 is 2.00 bits per heavy atom. The molecule has 0 aliphatic heterocycles. The molecule has 0 bridgehead atoms. The van der Waals surface area contributed by atoms with E-state index >= 15 is 0 Å².